The Bertz CT molecular complexity index is 1990. The lowest BCUT2D eigenvalue weighted by Crippen LogP contribution is -2.52. The van der Waals surface area contributed by atoms with E-state index in [0.717, 1.165) is 59.5 Å². The van der Waals surface area contributed by atoms with Gasteiger partial charge >= 0.3 is 5.97 Å². The number of carboxylic acids is 1. The molecule has 5 rings (SSSR count). The Kier molecular flexibility index (Phi) is 14.5. The van der Waals surface area contributed by atoms with Gasteiger partial charge in [0, 0.05) is 61.7 Å². The number of nitrogens with one attached hydrogen (secondary N) is 1. The molecule has 0 bridgehead atoms. The minimum Gasteiger partial charge on any atom is -0.493 e. The molecule has 0 radical (unpaired) electrons. The van der Waals surface area contributed by atoms with Crippen LogP contribution in [0, 0.1) is 31.1 Å². The number of nitriles is 1. The second-order valence-electron chi connectivity index (χ2n) is 14.1. The predicted octanol–water partition coefficient (Wildman–Crippen LogP) is 5.42. The van der Waals surface area contributed by atoms with Gasteiger partial charge in [0.2, 0.25) is 0 Å². The van der Waals surface area contributed by atoms with Gasteiger partial charge in [0.05, 0.1) is 29.9 Å². The van der Waals surface area contributed by atoms with Crippen LogP contribution in [0.5, 0.6) is 17.2 Å². The summed E-state index contributed by atoms with van der Waals surface area (Å²) in [6, 6.07) is 19.1. The fraction of sp³-hybridized carbons (Fsp3) is 0.405. The highest BCUT2D eigenvalue weighted by atomic mass is 35.5. The van der Waals surface area contributed by atoms with Crippen molar-refractivity contribution in [2.75, 3.05) is 39.5 Å². The number of hydrogen-bond acceptors (Lipinski definition) is 11. The van der Waals surface area contributed by atoms with E-state index >= 15 is 0 Å². The van der Waals surface area contributed by atoms with E-state index in [0.29, 0.717) is 46.4 Å². The van der Waals surface area contributed by atoms with Gasteiger partial charge in [-0.25, -0.2) is 0 Å². The number of pyridine rings is 1. The van der Waals surface area contributed by atoms with Gasteiger partial charge in [-0.2, -0.15) is 5.26 Å². The fourth-order valence-electron chi connectivity index (χ4n) is 6.52. The van der Waals surface area contributed by atoms with Crippen LogP contribution in [-0.2, 0) is 24.6 Å². The zero-order valence-electron chi connectivity index (χ0n) is 31.4. The van der Waals surface area contributed by atoms with E-state index in [1.165, 1.54) is 13.1 Å². The zero-order chi connectivity index (χ0) is 39.5. The van der Waals surface area contributed by atoms with Gasteiger partial charge in [-0.3, -0.25) is 15.1 Å². The molecule has 0 spiro atoms. The average molecular weight is 773 g/mol. The Morgan fingerprint density at radius 1 is 1.00 bits per heavy atom. The molecular weight excluding hydrogens is 724 g/mol. The summed E-state index contributed by atoms with van der Waals surface area (Å²) in [6.45, 7) is 7.94. The van der Waals surface area contributed by atoms with E-state index in [1.54, 1.807) is 24.4 Å². The number of benzene rings is 3. The number of hydrogen-bond donors (Lipinski definition) is 5. The van der Waals surface area contributed by atoms with Crippen molar-refractivity contribution >= 4 is 17.6 Å². The van der Waals surface area contributed by atoms with Gasteiger partial charge < -0.3 is 39.5 Å². The summed E-state index contributed by atoms with van der Waals surface area (Å²) in [5.74, 6) is 0.292. The number of halogens is 1. The zero-order valence-corrected chi connectivity index (χ0v) is 32.2. The number of aliphatic hydroxyl groups excluding tert-OH is 3. The summed E-state index contributed by atoms with van der Waals surface area (Å²) < 4.78 is 18.7. The van der Waals surface area contributed by atoms with Crippen molar-refractivity contribution in [2.45, 2.75) is 65.0 Å². The molecule has 1 aliphatic heterocycles. The van der Waals surface area contributed by atoms with Crippen LogP contribution in [0.3, 0.4) is 0 Å². The third kappa shape index (κ3) is 10.5. The Hall–Kier alpha value is -4.74. The Morgan fingerprint density at radius 3 is 2.45 bits per heavy atom. The molecule has 1 saturated heterocycles. The lowest BCUT2D eigenvalue weighted by Gasteiger charge is -2.35. The SMILES string of the molecule is Cc1c(COc2cc(OCc3cncc(C#N)c3)c(CNC(C)(CO)C(=O)O)cc2Cl)cccc1-c1cccc(OCCCN2CC[C@H](CO)[C@H](O)C2)c1C. The van der Waals surface area contributed by atoms with E-state index < -0.39 is 24.2 Å². The second-order valence-corrected chi connectivity index (χ2v) is 14.5. The minimum absolute atomic E-state index is 0.0200. The minimum atomic E-state index is -1.60. The standard InChI is InChI=1S/C42H49ClN4O8/c1-27-32(7-4-8-34(27)35-9-5-10-38(28(35)2)53-14-6-12-47-13-11-31(23-48)37(50)22-47)25-55-40-17-39(54-24-30-15-29(18-44)19-45-20-30)33(16-36(40)43)21-46-42(3,26-49)41(51)52/h4-5,7-10,15-17,19-20,31,37,46,48-50H,6,11-14,21-26H2,1-3H3,(H,51,52)/t31-,37-,42?/m1/s1. The van der Waals surface area contributed by atoms with E-state index in [9.17, 15) is 30.5 Å². The Balaban J connectivity index is 1.29. The van der Waals surface area contributed by atoms with Crippen LogP contribution in [0.25, 0.3) is 11.1 Å². The molecule has 1 aromatic heterocycles. The maximum atomic E-state index is 11.8. The summed E-state index contributed by atoms with van der Waals surface area (Å²) in [5, 5.41) is 51.6. The van der Waals surface area contributed by atoms with Crippen molar-refractivity contribution < 1.29 is 39.4 Å². The Morgan fingerprint density at radius 2 is 1.75 bits per heavy atom. The largest absolute Gasteiger partial charge is 0.493 e. The number of aliphatic hydroxyl groups is 3. The normalized spacial score (nSPS) is 16.9. The smallest absolute Gasteiger partial charge is 0.326 e. The summed E-state index contributed by atoms with van der Waals surface area (Å²) >= 11 is 6.73. The first kappa shape index (κ1) is 41.4. The lowest BCUT2D eigenvalue weighted by atomic mass is 9.93. The van der Waals surface area contributed by atoms with Crippen molar-refractivity contribution in [3.63, 3.8) is 0 Å². The number of β-amino-alcohol motifs (C(OH)–C–C–N with tert-alkyl or cyclic N) is 1. The summed E-state index contributed by atoms with van der Waals surface area (Å²) in [6.07, 6.45) is 4.15. The molecule has 5 N–H and O–H groups in total. The first-order valence-corrected chi connectivity index (χ1v) is 18.7. The number of carboxylic acid groups (broad SMARTS) is 1. The number of piperidine rings is 1. The highest BCUT2D eigenvalue weighted by Gasteiger charge is 2.32. The molecule has 292 valence electrons. The molecular formula is C42H49ClN4O8. The summed E-state index contributed by atoms with van der Waals surface area (Å²) in [4.78, 5) is 18.1. The summed E-state index contributed by atoms with van der Waals surface area (Å²) in [7, 11) is 0. The third-order valence-electron chi connectivity index (χ3n) is 10.2. The fourth-order valence-corrected chi connectivity index (χ4v) is 6.76. The van der Waals surface area contributed by atoms with Crippen molar-refractivity contribution in [2.24, 2.45) is 5.92 Å². The monoisotopic (exact) mass is 772 g/mol. The van der Waals surface area contributed by atoms with Gasteiger partial charge in [-0.15, -0.1) is 0 Å². The maximum Gasteiger partial charge on any atom is 0.326 e. The lowest BCUT2D eigenvalue weighted by molar-refractivity contribution is -0.145. The predicted molar refractivity (Wildman–Crippen MR) is 208 cm³/mol. The maximum absolute atomic E-state index is 11.8. The van der Waals surface area contributed by atoms with Crippen molar-refractivity contribution in [3.05, 3.63) is 105 Å². The molecule has 1 fully saturated rings. The molecule has 12 nitrogen and oxygen atoms in total. The summed E-state index contributed by atoms with van der Waals surface area (Å²) in [5.41, 5.74) is 5.08. The van der Waals surface area contributed by atoms with E-state index in [1.807, 2.05) is 38.1 Å². The van der Waals surface area contributed by atoms with Crippen LogP contribution in [0.2, 0.25) is 5.02 Å². The molecule has 0 aliphatic carbocycles. The number of carbonyl (C=O) groups is 1. The van der Waals surface area contributed by atoms with Gasteiger partial charge in [0.1, 0.15) is 42.1 Å². The van der Waals surface area contributed by atoms with Crippen LogP contribution in [0.15, 0.2) is 67.0 Å². The topological polar surface area (TPSA) is 178 Å². The van der Waals surface area contributed by atoms with Crippen LogP contribution < -0.4 is 19.5 Å². The second kappa shape index (κ2) is 19.2. The van der Waals surface area contributed by atoms with Gasteiger partial charge in [0.15, 0.2) is 0 Å². The van der Waals surface area contributed by atoms with Crippen LogP contribution >= 0.6 is 11.6 Å². The highest BCUT2D eigenvalue weighted by molar-refractivity contribution is 6.32. The number of ether oxygens (including phenoxy) is 3. The number of rotatable bonds is 18. The number of nitrogens with zero attached hydrogens (tertiary/aromatic N) is 3. The Labute approximate surface area is 326 Å². The number of aromatic nitrogens is 1. The molecule has 0 saturated carbocycles. The molecule has 55 heavy (non-hydrogen) atoms. The molecule has 4 aromatic rings. The van der Waals surface area contributed by atoms with Crippen molar-refractivity contribution in [3.8, 4) is 34.4 Å². The van der Waals surface area contributed by atoms with Gasteiger partial charge in [-0.05, 0) is 86.2 Å². The van der Waals surface area contributed by atoms with Crippen LogP contribution in [0.1, 0.15) is 53.1 Å². The number of likely N-dealkylation sites (tertiary alicyclic amines) is 1. The molecule has 13 heteroatoms. The van der Waals surface area contributed by atoms with Gasteiger partial charge in [0.25, 0.3) is 0 Å². The highest BCUT2D eigenvalue weighted by Crippen LogP contribution is 2.36. The third-order valence-corrected chi connectivity index (χ3v) is 10.5. The van der Waals surface area contributed by atoms with Crippen LogP contribution in [0.4, 0.5) is 0 Å². The van der Waals surface area contributed by atoms with Crippen LogP contribution in [-0.4, -0.2) is 87.4 Å². The van der Waals surface area contributed by atoms with Crippen molar-refractivity contribution in [1.82, 2.24) is 15.2 Å². The molecule has 3 atom stereocenters. The first-order chi connectivity index (χ1) is 26.5. The van der Waals surface area contributed by atoms with E-state index in [2.05, 4.69) is 33.4 Å². The molecule has 1 aliphatic rings. The molecule has 3 aromatic carbocycles. The number of aliphatic carboxylic acids is 1. The average Bonchev–Trinajstić information content (AvgIpc) is 3.18. The molecule has 2 heterocycles. The first-order valence-electron chi connectivity index (χ1n) is 18.3. The van der Waals surface area contributed by atoms with E-state index in [-0.39, 0.29) is 32.3 Å². The van der Waals surface area contributed by atoms with Crippen molar-refractivity contribution in [1.29, 1.82) is 5.26 Å². The molecule has 0 amide bonds. The molecule has 1 unspecified atom stereocenters. The van der Waals surface area contributed by atoms with Gasteiger partial charge in [-0.1, -0.05) is 41.9 Å². The van der Waals surface area contributed by atoms with E-state index in [4.69, 9.17) is 25.8 Å². The quantitative estimate of drug-likeness (QED) is 0.0814.